The van der Waals surface area contributed by atoms with Gasteiger partial charge < -0.3 is 0 Å². The van der Waals surface area contributed by atoms with E-state index in [4.69, 9.17) is 4.98 Å². The molecule has 0 amide bonds. The van der Waals surface area contributed by atoms with Crippen molar-refractivity contribution < 1.29 is 0 Å². The lowest BCUT2D eigenvalue weighted by molar-refractivity contribution is 1.27. The molecule has 3 aromatic heterocycles. The first-order valence-corrected chi connectivity index (χ1v) is 16.2. The number of hydrogen-bond donors (Lipinski definition) is 0. The molecule has 3 heterocycles. The van der Waals surface area contributed by atoms with Crippen LogP contribution in [0.25, 0.3) is 88.2 Å². The van der Waals surface area contributed by atoms with Crippen molar-refractivity contribution >= 4 is 32.3 Å². The standard InChI is InChI=1S/C45H29N3/c1-2-13-40-38(12-1)39-14-3-4-15-41(39)45-37(16-7-17-42(40)45)35-11-6-9-33(27-35)32-8-5-10-34(26-32)36-28-43(30-18-22-46-23-19-30)48-44(29-36)31-20-24-47-25-21-31/h1-29H. The number of rotatable bonds is 5. The van der Waals surface area contributed by atoms with Crippen LogP contribution in [0, 0.1) is 0 Å². The monoisotopic (exact) mass is 611 g/mol. The molecule has 0 N–H and O–H groups in total. The Hall–Kier alpha value is -6.45. The second-order valence-corrected chi connectivity index (χ2v) is 12.1. The maximum atomic E-state index is 5.03. The Bertz CT molecular complexity index is 2510. The van der Waals surface area contributed by atoms with Crippen molar-refractivity contribution in [3.8, 4) is 55.9 Å². The van der Waals surface area contributed by atoms with Gasteiger partial charge in [0, 0.05) is 35.9 Å². The third-order valence-electron chi connectivity index (χ3n) is 9.25. The molecule has 0 saturated carbocycles. The maximum Gasteiger partial charge on any atom is 0.0716 e. The first kappa shape index (κ1) is 27.8. The molecule has 9 aromatic rings. The van der Waals surface area contributed by atoms with Crippen LogP contribution in [0.3, 0.4) is 0 Å². The van der Waals surface area contributed by atoms with Gasteiger partial charge in [-0.3, -0.25) is 9.97 Å². The van der Waals surface area contributed by atoms with Gasteiger partial charge in [0.25, 0.3) is 0 Å². The Morgan fingerprint density at radius 2 is 0.708 bits per heavy atom. The molecule has 0 aliphatic heterocycles. The van der Waals surface area contributed by atoms with Gasteiger partial charge in [0.2, 0.25) is 0 Å². The van der Waals surface area contributed by atoms with Crippen LogP contribution in [0.5, 0.6) is 0 Å². The fourth-order valence-electron chi connectivity index (χ4n) is 6.98. The van der Waals surface area contributed by atoms with Crippen molar-refractivity contribution in [3.05, 3.63) is 176 Å². The summed E-state index contributed by atoms with van der Waals surface area (Å²) in [6.07, 6.45) is 7.24. The number of hydrogen-bond acceptors (Lipinski definition) is 3. The maximum absolute atomic E-state index is 5.03. The normalized spacial score (nSPS) is 11.3. The molecular formula is C45H29N3. The average molecular weight is 612 g/mol. The van der Waals surface area contributed by atoms with Gasteiger partial charge >= 0.3 is 0 Å². The SMILES string of the molecule is c1cc(-c2cccc(-c3cccc4c5ccccc5c5ccccc5c34)c2)cc(-c2cc(-c3ccncc3)nc(-c3ccncc3)c2)c1. The zero-order valence-electron chi connectivity index (χ0n) is 26.1. The summed E-state index contributed by atoms with van der Waals surface area (Å²) in [6.45, 7) is 0. The lowest BCUT2D eigenvalue weighted by Gasteiger charge is -2.15. The highest BCUT2D eigenvalue weighted by Crippen LogP contribution is 2.41. The fraction of sp³-hybridized carbons (Fsp3) is 0. The zero-order valence-corrected chi connectivity index (χ0v) is 26.1. The average Bonchev–Trinajstić information content (AvgIpc) is 3.18. The molecule has 224 valence electrons. The van der Waals surface area contributed by atoms with E-state index in [1.54, 1.807) is 0 Å². The zero-order chi connectivity index (χ0) is 31.9. The highest BCUT2D eigenvalue weighted by molar-refractivity contribution is 6.28. The van der Waals surface area contributed by atoms with Gasteiger partial charge in [-0.1, -0.05) is 103 Å². The van der Waals surface area contributed by atoms with Crippen molar-refractivity contribution in [2.45, 2.75) is 0 Å². The molecule has 0 aliphatic carbocycles. The van der Waals surface area contributed by atoms with E-state index in [1.165, 1.54) is 49.0 Å². The van der Waals surface area contributed by atoms with E-state index in [0.717, 1.165) is 39.2 Å². The Morgan fingerprint density at radius 3 is 1.27 bits per heavy atom. The van der Waals surface area contributed by atoms with Crippen LogP contribution in [0.2, 0.25) is 0 Å². The number of aromatic nitrogens is 3. The summed E-state index contributed by atoms with van der Waals surface area (Å²) in [5.74, 6) is 0. The first-order valence-electron chi connectivity index (χ1n) is 16.2. The van der Waals surface area contributed by atoms with Crippen LogP contribution in [-0.2, 0) is 0 Å². The number of benzene rings is 6. The molecule has 6 aromatic carbocycles. The van der Waals surface area contributed by atoms with E-state index in [9.17, 15) is 0 Å². The van der Waals surface area contributed by atoms with E-state index in [0.29, 0.717) is 0 Å². The van der Waals surface area contributed by atoms with E-state index >= 15 is 0 Å². The van der Waals surface area contributed by atoms with Crippen molar-refractivity contribution in [1.29, 1.82) is 0 Å². The van der Waals surface area contributed by atoms with Crippen molar-refractivity contribution in [3.63, 3.8) is 0 Å². The smallest absolute Gasteiger partial charge is 0.0716 e. The summed E-state index contributed by atoms with van der Waals surface area (Å²) in [7, 11) is 0. The Labute approximate surface area is 278 Å². The molecule has 9 rings (SSSR count). The molecular weight excluding hydrogens is 583 g/mol. The molecule has 0 aliphatic rings. The number of fused-ring (bicyclic) bond motifs is 6. The molecule has 0 spiro atoms. The van der Waals surface area contributed by atoms with Crippen LogP contribution in [-0.4, -0.2) is 15.0 Å². The molecule has 0 unspecified atom stereocenters. The minimum Gasteiger partial charge on any atom is -0.265 e. The second-order valence-electron chi connectivity index (χ2n) is 12.1. The van der Waals surface area contributed by atoms with Crippen molar-refractivity contribution in [1.82, 2.24) is 15.0 Å². The predicted octanol–water partition coefficient (Wildman–Crippen LogP) is 11.7. The van der Waals surface area contributed by atoms with E-state index in [1.807, 2.05) is 49.1 Å². The third-order valence-corrected chi connectivity index (χ3v) is 9.25. The lowest BCUT2D eigenvalue weighted by Crippen LogP contribution is -1.92. The summed E-state index contributed by atoms with van der Waals surface area (Å²) in [4.78, 5) is 13.5. The fourth-order valence-corrected chi connectivity index (χ4v) is 6.98. The van der Waals surface area contributed by atoms with E-state index in [-0.39, 0.29) is 0 Å². The van der Waals surface area contributed by atoms with Gasteiger partial charge in [-0.15, -0.1) is 0 Å². The minimum absolute atomic E-state index is 0.907. The number of pyridine rings is 3. The largest absolute Gasteiger partial charge is 0.265 e. The van der Waals surface area contributed by atoms with Gasteiger partial charge in [-0.25, -0.2) is 4.98 Å². The molecule has 3 nitrogen and oxygen atoms in total. The second kappa shape index (κ2) is 11.7. The molecule has 0 saturated heterocycles. The van der Waals surface area contributed by atoms with Gasteiger partial charge in [0.05, 0.1) is 11.4 Å². The highest BCUT2D eigenvalue weighted by Gasteiger charge is 2.14. The molecule has 0 bridgehead atoms. The highest BCUT2D eigenvalue weighted by atomic mass is 14.7. The van der Waals surface area contributed by atoms with Gasteiger partial charge in [0.15, 0.2) is 0 Å². The molecule has 0 atom stereocenters. The van der Waals surface area contributed by atoms with Crippen LogP contribution in [0.1, 0.15) is 0 Å². The predicted molar refractivity (Wildman–Crippen MR) is 200 cm³/mol. The van der Waals surface area contributed by atoms with Gasteiger partial charge in [0.1, 0.15) is 0 Å². The van der Waals surface area contributed by atoms with Crippen LogP contribution in [0.4, 0.5) is 0 Å². The Balaban J connectivity index is 1.18. The van der Waals surface area contributed by atoms with E-state index in [2.05, 4.69) is 137 Å². The topological polar surface area (TPSA) is 38.7 Å². The summed E-state index contributed by atoms with van der Waals surface area (Å²) >= 11 is 0. The summed E-state index contributed by atoms with van der Waals surface area (Å²) in [5, 5.41) is 7.71. The summed E-state index contributed by atoms with van der Waals surface area (Å²) in [5.41, 5.74) is 10.9. The Kier molecular flexibility index (Phi) is 6.80. The molecule has 0 radical (unpaired) electrons. The number of nitrogens with zero attached hydrogens (tertiary/aromatic N) is 3. The minimum atomic E-state index is 0.907. The molecule has 0 fully saturated rings. The van der Waals surface area contributed by atoms with Crippen LogP contribution < -0.4 is 0 Å². The molecule has 48 heavy (non-hydrogen) atoms. The third kappa shape index (κ3) is 4.90. The summed E-state index contributed by atoms with van der Waals surface area (Å²) in [6, 6.07) is 54.4. The van der Waals surface area contributed by atoms with Gasteiger partial charge in [-0.05, 0) is 114 Å². The molecule has 3 heteroatoms. The van der Waals surface area contributed by atoms with Crippen molar-refractivity contribution in [2.24, 2.45) is 0 Å². The van der Waals surface area contributed by atoms with Crippen LogP contribution in [0.15, 0.2) is 176 Å². The van der Waals surface area contributed by atoms with Gasteiger partial charge in [-0.2, -0.15) is 0 Å². The quantitative estimate of drug-likeness (QED) is 0.182. The van der Waals surface area contributed by atoms with Crippen molar-refractivity contribution in [2.75, 3.05) is 0 Å². The summed E-state index contributed by atoms with van der Waals surface area (Å²) < 4.78 is 0. The van der Waals surface area contributed by atoms with Crippen LogP contribution >= 0.6 is 0 Å². The van der Waals surface area contributed by atoms with E-state index < -0.39 is 0 Å². The Morgan fingerprint density at radius 1 is 0.292 bits per heavy atom. The lowest BCUT2D eigenvalue weighted by atomic mass is 9.88. The first-order chi connectivity index (χ1) is 23.8.